The molecule has 0 saturated heterocycles. The van der Waals surface area contributed by atoms with Crippen molar-refractivity contribution in [2.45, 2.75) is 66.7 Å². The van der Waals surface area contributed by atoms with Crippen LogP contribution >= 0.6 is 0 Å². The van der Waals surface area contributed by atoms with E-state index in [2.05, 4.69) is 122 Å². The van der Waals surface area contributed by atoms with Crippen LogP contribution in [-0.4, -0.2) is 14.5 Å². The van der Waals surface area contributed by atoms with Gasteiger partial charge in [0, 0.05) is 51.3 Å². The van der Waals surface area contributed by atoms with E-state index in [0.717, 1.165) is 66.1 Å². The molecule has 7 aromatic carbocycles. The molecule has 0 unspecified atom stereocenters. The van der Waals surface area contributed by atoms with Crippen molar-refractivity contribution in [2.24, 2.45) is 5.41 Å². The first-order chi connectivity index (χ1) is 29.7. The molecule has 0 saturated carbocycles. The first kappa shape index (κ1) is 39.2. The van der Waals surface area contributed by atoms with Crippen LogP contribution < -0.4 is 0 Å². The van der Waals surface area contributed by atoms with E-state index >= 15 is 0 Å². The molecule has 10 rings (SSSR count). The van der Waals surface area contributed by atoms with Crippen molar-refractivity contribution in [3.8, 4) is 28.3 Å². The zero-order valence-corrected chi connectivity index (χ0v) is 37.8. The molecule has 6 heteroatoms. The molecule has 61 heavy (non-hydrogen) atoms. The van der Waals surface area contributed by atoms with Gasteiger partial charge in [0.05, 0.1) is 22.4 Å². The average molecular weight is 980 g/mol. The Hall–Kier alpha value is -5.94. The number of benzene rings is 7. The normalized spacial score (nSPS) is 12.6. The van der Waals surface area contributed by atoms with Crippen LogP contribution in [0.2, 0.25) is 0 Å². The molecule has 0 aliphatic carbocycles. The molecule has 4 nitrogen and oxygen atoms in total. The number of hydrogen-bond donors (Lipinski definition) is 0. The summed E-state index contributed by atoms with van der Waals surface area (Å²) in [4.78, 5) is 9.48. The molecule has 0 N–H and O–H groups in total. The molecule has 1 radical (unpaired) electrons. The molecule has 3 heterocycles. The molecule has 0 amide bonds. The monoisotopic (exact) mass is 980 g/mol. The van der Waals surface area contributed by atoms with Crippen LogP contribution in [0.3, 0.4) is 0 Å². The van der Waals surface area contributed by atoms with Crippen LogP contribution in [0, 0.1) is 23.4 Å². The largest absolute Gasteiger partial charge is 0.500 e. The Morgan fingerprint density at radius 2 is 1.44 bits per heavy atom. The summed E-state index contributed by atoms with van der Waals surface area (Å²) >= 11 is 0. The maximum Gasteiger partial charge on any atom is 0.129 e. The van der Waals surface area contributed by atoms with Crippen LogP contribution in [0.1, 0.15) is 79.7 Å². The second-order valence-corrected chi connectivity index (χ2v) is 17.1. The van der Waals surface area contributed by atoms with E-state index in [0.29, 0.717) is 23.1 Å². The van der Waals surface area contributed by atoms with Gasteiger partial charge in [0.2, 0.25) is 0 Å². The fraction of sp³-hybridized carbons (Fsp3) is 0.200. The van der Waals surface area contributed by atoms with Gasteiger partial charge in [-0.15, -0.1) is 48.0 Å². The maximum absolute atomic E-state index is 13.5. The Labute approximate surface area is 373 Å². The number of nitrogens with zero attached hydrogens (tertiary/aromatic N) is 3. The van der Waals surface area contributed by atoms with E-state index in [-0.39, 0.29) is 25.9 Å². The van der Waals surface area contributed by atoms with Crippen molar-refractivity contribution in [2.75, 3.05) is 0 Å². The van der Waals surface area contributed by atoms with Gasteiger partial charge in [-0.1, -0.05) is 150 Å². The molecule has 0 bridgehead atoms. The summed E-state index contributed by atoms with van der Waals surface area (Å²) in [5.74, 6) is 1.22. The number of furan rings is 1. The van der Waals surface area contributed by atoms with Gasteiger partial charge in [-0.2, -0.15) is 0 Å². The number of imidazole rings is 1. The predicted octanol–water partition coefficient (Wildman–Crippen LogP) is 15.2. The Bertz CT molecular complexity index is 3260. The Balaban J connectivity index is 0.000000173. The minimum atomic E-state index is -1.51. The van der Waals surface area contributed by atoms with Gasteiger partial charge >= 0.3 is 0 Å². The van der Waals surface area contributed by atoms with Crippen LogP contribution in [0.25, 0.3) is 82.8 Å². The fourth-order valence-corrected chi connectivity index (χ4v) is 8.30. The predicted molar refractivity (Wildman–Crippen MR) is 247 cm³/mol. The van der Waals surface area contributed by atoms with E-state index < -0.39 is 11.8 Å². The average Bonchev–Trinajstić information content (AvgIpc) is 3.85. The molecule has 10 aromatic rings. The fourth-order valence-electron chi connectivity index (χ4n) is 8.30. The summed E-state index contributed by atoms with van der Waals surface area (Å²) in [6.07, 6.45) is 0.161. The summed E-state index contributed by atoms with van der Waals surface area (Å²) in [5.41, 5.74) is 9.50. The van der Waals surface area contributed by atoms with Crippen molar-refractivity contribution in [3.63, 3.8) is 0 Å². The van der Waals surface area contributed by atoms with E-state index in [1.165, 1.54) is 34.3 Å². The third-order valence-electron chi connectivity index (χ3n) is 11.0. The number of hydrogen-bond acceptors (Lipinski definition) is 3. The molecule has 307 valence electrons. The van der Waals surface area contributed by atoms with Gasteiger partial charge in [0.15, 0.2) is 0 Å². The van der Waals surface area contributed by atoms with E-state index in [1.54, 1.807) is 18.3 Å². The summed E-state index contributed by atoms with van der Waals surface area (Å²) in [5, 5.41) is 6.62. The number of para-hydroxylation sites is 3. The van der Waals surface area contributed by atoms with Gasteiger partial charge in [-0.3, -0.25) is 9.37 Å². The quantitative estimate of drug-likeness (QED) is 0.123. The van der Waals surface area contributed by atoms with Crippen LogP contribution in [0.4, 0.5) is 4.39 Å². The smallest absolute Gasteiger partial charge is 0.129 e. The molecular weight excluding hydrogens is 930 g/mol. The minimum absolute atomic E-state index is 0. The second-order valence-electron chi connectivity index (χ2n) is 17.1. The third-order valence-corrected chi connectivity index (χ3v) is 11.0. The summed E-state index contributed by atoms with van der Waals surface area (Å²) in [6.45, 7) is 14.6. The zero-order valence-electron chi connectivity index (χ0n) is 37.4. The van der Waals surface area contributed by atoms with E-state index in [9.17, 15) is 4.39 Å². The Morgan fingerprint density at radius 3 is 2.18 bits per heavy atom. The summed E-state index contributed by atoms with van der Waals surface area (Å²) < 4.78 is 39.7. The Kier molecular flexibility index (Phi) is 10.8. The van der Waals surface area contributed by atoms with Crippen LogP contribution in [-0.2, 0) is 26.5 Å². The molecule has 0 aliphatic rings. The Morgan fingerprint density at radius 1 is 0.738 bits per heavy atom. The van der Waals surface area contributed by atoms with Gasteiger partial charge in [0.25, 0.3) is 0 Å². The number of fused-ring (bicyclic) bond motifs is 8. The first-order valence-electron chi connectivity index (χ1n) is 21.7. The van der Waals surface area contributed by atoms with E-state index in [4.69, 9.17) is 12.1 Å². The standard InChI is InChI=1S/C30H24NO.C25H24FN2.Ir/c1-30(2,3)18-19-15-16-31-26(17-19)25-10-6-9-23-24-14-13-21-12-11-20-7-4-5-8-22(20)27(21)29(24)32-28(23)25;1-16(2)20-8-7-9-21(17(3)4)24(20)28-23-11-6-5-10-22(23)27-25(28)18-12-14-19(26)15-13-18;/h4-9,11-17H,18H2,1-3H3;5-12,14-17H,1-4H3;/q2*-1;/i18D2;;. The van der Waals surface area contributed by atoms with Gasteiger partial charge in [-0.25, -0.2) is 0 Å². The van der Waals surface area contributed by atoms with E-state index in [1.807, 2.05) is 57.2 Å². The SMILES string of the molecule is CC(C)c1cccc(C(C)C)c1-n1c(-c2[c-]cc(F)cc2)nc2ccccc21.[2H]C([2H])(c1ccnc(-c2[c-]ccc3c2oc2c3ccc3ccc4ccccc4c32)c1)C(C)(C)C.[Ir]. The van der Waals surface area contributed by atoms with Crippen molar-refractivity contribution < 1.29 is 31.7 Å². The van der Waals surface area contributed by atoms with Crippen molar-refractivity contribution in [3.05, 3.63) is 174 Å². The summed E-state index contributed by atoms with van der Waals surface area (Å²) in [6, 6.07) is 50.0. The van der Waals surface area contributed by atoms with Gasteiger partial charge < -0.3 is 14.0 Å². The second kappa shape index (κ2) is 16.8. The third kappa shape index (κ3) is 8.03. The molecule has 0 fully saturated rings. The molecule has 0 spiro atoms. The summed E-state index contributed by atoms with van der Waals surface area (Å²) in [7, 11) is 0. The maximum atomic E-state index is 13.5. The number of halogens is 1. The van der Waals surface area contributed by atoms with Crippen molar-refractivity contribution >= 4 is 54.5 Å². The number of pyridine rings is 1. The topological polar surface area (TPSA) is 43.9 Å². The minimum Gasteiger partial charge on any atom is -0.500 e. The number of aromatic nitrogens is 3. The molecule has 0 atom stereocenters. The number of rotatable bonds is 6. The van der Waals surface area contributed by atoms with Crippen LogP contribution in [0.15, 0.2) is 144 Å². The van der Waals surface area contributed by atoms with Crippen molar-refractivity contribution in [1.82, 2.24) is 14.5 Å². The molecule has 3 aromatic heterocycles. The van der Waals surface area contributed by atoms with Crippen molar-refractivity contribution in [1.29, 1.82) is 0 Å². The van der Waals surface area contributed by atoms with Gasteiger partial charge in [-0.05, 0) is 74.8 Å². The molecular formula is C55H48FIrN3O-2. The van der Waals surface area contributed by atoms with Crippen LogP contribution in [0.5, 0.6) is 0 Å². The first-order valence-corrected chi connectivity index (χ1v) is 20.7. The molecule has 0 aliphatic heterocycles. The van der Waals surface area contributed by atoms with Gasteiger partial charge in [0.1, 0.15) is 5.58 Å². The zero-order chi connectivity index (χ0) is 43.5.